The molecule has 0 spiro atoms. The number of nitrogens with zero attached hydrogens (tertiary/aromatic N) is 1. The summed E-state index contributed by atoms with van der Waals surface area (Å²) in [5, 5.41) is 18.6. The summed E-state index contributed by atoms with van der Waals surface area (Å²) in [5.74, 6) is -1.93. The van der Waals surface area contributed by atoms with Crippen molar-refractivity contribution < 1.29 is 19.4 Å². The summed E-state index contributed by atoms with van der Waals surface area (Å²) in [6, 6.07) is 3.71. The van der Waals surface area contributed by atoms with Crippen LogP contribution >= 0.6 is 11.3 Å². The number of rotatable bonds is 3. The van der Waals surface area contributed by atoms with E-state index in [9.17, 15) is 9.18 Å². The van der Waals surface area contributed by atoms with Crippen molar-refractivity contribution in [3.63, 3.8) is 0 Å². The van der Waals surface area contributed by atoms with Crippen LogP contribution in [0.3, 0.4) is 0 Å². The number of carboxylic acids is 1. The zero-order valence-corrected chi connectivity index (χ0v) is 11.2. The predicted octanol–water partition coefficient (Wildman–Crippen LogP) is 3.48. The maximum atomic E-state index is 13.7. The van der Waals surface area contributed by atoms with E-state index in [-0.39, 0.29) is 22.1 Å². The van der Waals surface area contributed by atoms with E-state index in [0.717, 1.165) is 17.4 Å². The van der Waals surface area contributed by atoms with Crippen LogP contribution in [0.1, 0.15) is 35.1 Å². The highest BCUT2D eigenvalue weighted by Crippen LogP contribution is 2.34. The number of phenols is 1. The summed E-state index contributed by atoms with van der Waals surface area (Å²) in [6.07, 6.45) is 0. The van der Waals surface area contributed by atoms with E-state index < -0.39 is 11.8 Å². The minimum atomic E-state index is -1.06. The molecule has 0 saturated carbocycles. The molecule has 4 nitrogen and oxygen atoms in total. The van der Waals surface area contributed by atoms with Gasteiger partial charge in [-0.1, -0.05) is 13.8 Å². The number of hydrogen-bond acceptors (Lipinski definition) is 4. The number of carboxylic acid groups (broad SMARTS) is 1. The summed E-state index contributed by atoms with van der Waals surface area (Å²) in [5.41, 5.74) is 0.636. The number of aromatic carboxylic acids is 1. The molecular weight excluding hydrogens is 269 g/mol. The molecule has 0 radical (unpaired) electrons. The Morgan fingerprint density at radius 3 is 2.58 bits per heavy atom. The lowest BCUT2D eigenvalue weighted by molar-refractivity contribution is 0.0700. The maximum absolute atomic E-state index is 13.7. The monoisotopic (exact) mass is 281 g/mol. The Morgan fingerprint density at radius 1 is 1.42 bits per heavy atom. The number of aromatic nitrogens is 1. The first-order chi connectivity index (χ1) is 8.90. The summed E-state index contributed by atoms with van der Waals surface area (Å²) in [4.78, 5) is 15.5. The van der Waals surface area contributed by atoms with Crippen LogP contribution in [0.4, 0.5) is 4.39 Å². The Hall–Kier alpha value is -1.95. The van der Waals surface area contributed by atoms with Crippen molar-refractivity contribution in [1.29, 1.82) is 0 Å². The molecule has 1 aromatic heterocycles. The second-order valence-electron chi connectivity index (χ2n) is 4.36. The molecule has 0 amide bonds. The number of halogens is 1. The fraction of sp³-hybridized carbons (Fsp3) is 0.231. The molecule has 0 aliphatic carbocycles. The lowest BCUT2D eigenvalue weighted by Gasteiger charge is -2.01. The number of benzene rings is 1. The molecule has 0 aliphatic heterocycles. The molecule has 0 saturated heterocycles. The Kier molecular flexibility index (Phi) is 3.53. The molecule has 0 aliphatic rings. The second-order valence-corrected chi connectivity index (χ2v) is 5.36. The Balaban J connectivity index is 2.57. The van der Waals surface area contributed by atoms with Gasteiger partial charge in [-0.25, -0.2) is 14.2 Å². The molecule has 1 aromatic carbocycles. The van der Waals surface area contributed by atoms with Gasteiger partial charge in [0.05, 0.1) is 5.69 Å². The molecule has 19 heavy (non-hydrogen) atoms. The fourth-order valence-electron chi connectivity index (χ4n) is 1.67. The minimum Gasteiger partial charge on any atom is -0.508 e. The molecule has 0 fully saturated rings. The van der Waals surface area contributed by atoms with E-state index >= 15 is 0 Å². The van der Waals surface area contributed by atoms with E-state index in [4.69, 9.17) is 10.2 Å². The molecule has 2 N–H and O–H groups in total. The zero-order valence-electron chi connectivity index (χ0n) is 10.3. The van der Waals surface area contributed by atoms with E-state index in [1.165, 1.54) is 12.1 Å². The van der Waals surface area contributed by atoms with E-state index in [1.54, 1.807) is 0 Å². The van der Waals surface area contributed by atoms with Gasteiger partial charge in [-0.2, -0.15) is 0 Å². The Labute approximate surface area is 113 Å². The van der Waals surface area contributed by atoms with Gasteiger partial charge in [-0.15, -0.1) is 11.3 Å². The highest BCUT2D eigenvalue weighted by atomic mass is 32.1. The van der Waals surface area contributed by atoms with E-state index in [2.05, 4.69) is 4.98 Å². The smallest absolute Gasteiger partial charge is 0.347 e. The molecule has 0 unspecified atom stereocenters. The van der Waals surface area contributed by atoms with E-state index in [0.29, 0.717) is 10.7 Å². The molecule has 1 heterocycles. The highest BCUT2D eigenvalue weighted by Gasteiger charge is 2.21. The SMILES string of the molecule is CC(C)c1nc(-c2ccc(O)cc2F)sc1C(=O)O. The summed E-state index contributed by atoms with van der Waals surface area (Å²) in [6.45, 7) is 3.66. The fourth-order valence-corrected chi connectivity index (χ4v) is 2.76. The third-order valence-corrected chi connectivity index (χ3v) is 3.67. The van der Waals surface area contributed by atoms with Crippen LogP contribution < -0.4 is 0 Å². The maximum Gasteiger partial charge on any atom is 0.347 e. The highest BCUT2D eigenvalue weighted by molar-refractivity contribution is 7.17. The Bertz CT molecular complexity index is 637. The van der Waals surface area contributed by atoms with Gasteiger partial charge in [0.25, 0.3) is 0 Å². The number of hydrogen-bond donors (Lipinski definition) is 2. The van der Waals surface area contributed by atoms with Crippen LogP contribution in [0.15, 0.2) is 18.2 Å². The molecule has 6 heteroatoms. The summed E-state index contributed by atoms with van der Waals surface area (Å²) >= 11 is 0.937. The van der Waals surface area contributed by atoms with Crippen molar-refractivity contribution >= 4 is 17.3 Å². The lowest BCUT2D eigenvalue weighted by atomic mass is 10.1. The average Bonchev–Trinajstić information content (AvgIpc) is 2.73. The van der Waals surface area contributed by atoms with Crippen LogP contribution in [0.2, 0.25) is 0 Å². The van der Waals surface area contributed by atoms with Crippen LogP contribution in [-0.4, -0.2) is 21.2 Å². The first-order valence-electron chi connectivity index (χ1n) is 5.63. The zero-order chi connectivity index (χ0) is 14.2. The summed E-state index contributed by atoms with van der Waals surface area (Å²) in [7, 11) is 0. The average molecular weight is 281 g/mol. The van der Waals surface area contributed by atoms with Crippen molar-refractivity contribution in [2.45, 2.75) is 19.8 Å². The largest absolute Gasteiger partial charge is 0.508 e. The predicted molar refractivity (Wildman–Crippen MR) is 70.2 cm³/mol. The van der Waals surface area contributed by atoms with Crippen LogP contribution in [0, 0.1) is 5.82 Å². The van der Waals surface area contributed by atoms with Crippen molar-refractivity contribution in [2.24, 2.45) is 0 Å². The van der Waals surface area contributed by atoms with Gasteiger partial charge in [0.2, 0.25) is 0 Å². The second kappa shape index (κ2) is 4.97. The number of carbonyl (C=O) groups is 1. The molecule has 2 aromatic rings. The molecular formula is C13H12FNO3S. The standard InChI is InChI=1S/C13H12FNO3S/c1-6(2)10-11(13(17)18)19-12(15-10)8-4-3-7(16)5-9(8)14/h3-6,16H,1-2H3,(H,17,18). The van der Waals surface area contributed by atoms with Gasteiger partial charge < -0.3 is 10.2 Å². The van der Waals surface area contributed by atoms with Crippen molar-refractivity contribution in [2.75, 3.05) is 0 Å². The lowest BCUT2D eigenvalue weighted by Crippen LogP contribution is -2.00. The number of aromatic hydroxyl groups is 1. The van der Waals surface area contributed by atoms with E-state index in [1.807, 2.05) is 13.8 Å². The third-order valence-electron chi connectivity index (χ3n) is 2.58. The minimum absolute atomic E-state index is 0.0590. The van der Waals surface area contributed by atoms with Crippen LogP contribution in [0.25, 0.3) is 10.6 Å². The van der Waals surface area contributed by atoms with Gasteiger partial charge in [0.1, 0.15) is 21.5 Å². The first kappa shape index (κ1) is 13.5. The van der Waals surface area contributed by atoms with Gasteiger partial charge in [0.15, 0.2) is 0 Å². The quantitative estimate of drug-likeness (QED) is 0.903. The van der Waals surface area contributed by atoms with Gasteiger partial charge in [-0.3, -0.25) is 0 Å². The van der Waals surface area contributed by atoms with Gasteiger partial charge in [0, 0.05) is 11.6 Å². The summed E-state index contributed by atoms with van der Waals surface area (Å²) < 4.78 is 13.7. The van der Waals surface area contributed by atoms with Crippen molar-refractivity contribution in [3.05, 3.63) is 34.6 Å². The number of phenolic OH excluding ortho intramolecular Hbond substituents is 1. The van der Waals surface area contributed by atoms with Gasteiger partial charge >= 0.3 is 5.97 Å². The first-order valence-corrected chi connectivity index (χ1v) is 6.44. The molecule has 0 bridgehead atoms. The molecule has 0 atom stereocenters. The van der Waals surface area contributed by atoms with Crippen LogP contribution in [0.5, 0.6) is 5.75 Å². The van der Waals surface area contributed by atoms with Crippen molar-refractivity contribution in [1.82, 2.24) is 4.98 Å². The Morgan fingerprint density at radius 2 is 2.11 bits per heavy atom. The third kappa shape index (κ3) is 2.58. The number of thiazole rings is 1. The molecule has 2 rings (SSSR count). The van der Waals surface area contributed by atoms with Gasteiger partial charge in [-0.05, 0) is 18.1 Å². The molecule has 100 valence electrons. The van der Waals surface area contributed by atoms with Crippen LogP contribution in [-0.2, 0) is 0 Å². The van der Waals surface area contributed by atoms with Crippen molar-refractivity contribution in [3.8, 4) is 16.3 Å². The topological polar surface area (TPSA) is 70.4 Å². The normalized spacial score (nSPS) is 10.9.